The molecule has 0 aliphatic heterocycles. The van der Waals surface area contributed by atoms with Crippen LogP contribution in [0.25, 0.3) is 0 Å². The van der Waals surface area contributed by atoms with Crippen LogP contribution in [-0.4, -0.2) is 15.9 Å². The lowest BCUT2D eigenvalue weighted by atomic mass is 10.2. The minimum atomic E-state index is -0.115. The lowest BCUT2D eigenvalue weighted by molar-refractivity contribution is -0.114. The molecule has 0 unspecified atom stereocenters. The highest BCUT2D eigenvalue weighted by atomic mass is 35.5. The number of nitrogens with zero attached hydrogens (tertiary/aromatic N) is 2. The summed E-state index contributed by atoms with van der Waals surface area (Å²) >= 11 is 12.3. The van der Waals surface area contributed by atoms with E-state index in [1.165, 1.54) is 13.3 Å². The number of halogens is 2. The van der Waals surface area contributed by atoms with Crippen LogP contribution in [0, 0.1) is 0 Å². The van der Waals surface area contributed by atoms with Crippen molar-refractivity contribution in [1.82, 2.24) is 9.97 Å². The third kappa shape index (κ3) is 4.62. The number of carbonyl (C=O) groups excluding carboxylic acids is 1. The number of rotatable bonds is 5. The van der Waals surface area contributed by atoms with E-state index in [1.807, 2.05) is 12.1 Å². The molecule has 0 fully saturated rings. The van der Waals surface area contributed by atoms with Crippen LogP contribution < -0.4 is 16.0 Å². The Morgan fingerprint density at radius 1 is 0.885 bits per heavy atom. The summed E-state index contributed by atoms with van der Waals surface area (Å²) in [5, 5.41) is 9.98. The number of aromatic nitrogens is 2. The normalized spacial score (nSPS) is 10.3. The maximum Gasteiger partial charge on any atom is 0.221 e. The van der Waals surface area contributed by atoms with Crippen molar-refractivity contribution in [2.75, 3.05) is 16.0 Å². The number of hydrogen-bond acceptors (Lipinski definition) is 5. The Kier molecular flexibility index (Phi) is 5.55. The van der Waals surface area contributed by atoms with Gasteiger partial charge in [-0.1, -0.05) is 29.3 Å². The van der Waals surface area contributed by atoms with Gasteiger partial charge in [-0.25, -0.2) is 9.97 Å². The Bertz CT molecular complexity index is 911. The van der Waals surface area contributed by atoms with E-state index in [0.717, 1.165) is 11.4 Å². The molecule has 0 aliphatic rings. The van der Waals surface area contributed by atoms with Gasteiger partial charge in [-0.3, -0.25) is 4.79 Å². The van der Waals surface area contributed by atoms with Crippen molar-refractivity contribution < 1.29 is 4.79 Å². The fourth-order valence-electron chi connectivity index (χ4n) is 2.23. The fraction of sp³-hybridized carbons (Fsp3) is 0.0556. The topological polar surface area (TPSA) is 78.9 Å². The van der Waals surface area contributed by atoms with Gasteiger partial charge in [-0.2, -0.15) is 0 Å². The predicted octanol–water partition coefficient (Wildman–Crippen LogP) is 5.23. The molecule has 6 nitrogen and oxygen atoms in total. The molecule has 0 aliphatic carbocycles. The van der Waals surface area contributed by atoms with E-state index in [1.54, 1.807) is 36.4 Å². The van der Waals surface area contributed by atoms with Crippen LogP contribution in [0.5, 0.6) is 0 Å². The standard InChI is InChI=1S/C18H15Cl2N5O/c1-11(26)23-12-5-7-13(8-6-12)24-16-9-17(22-10-21-16)25-18-14(19)3-2-4-15(18)20/h2-10H,1H3,(H,23,26)(H2,21,22,24,25). The molecule has 3 N–H and O–H groups in total. The van der Waals surface area contributed by atoms with Crippen molar-refractivity contribution in [3.8, 4) is 0 Å². The monoisotopic (exact) mass is 387 g/mol. The first kappa shape index (κ1) is 18.0. The first-order valence-electron chi connectivity index (χ1n) is 7.69. The first-order chi connectivity index (χ1) is 12.5. The largest absolute Gasteiger partial charge is 0.340 e. The molecule has 1 aromatic heterocycles. The number of benzene rings is 2. The Balaban J connectivity index is 1.74. The molecule has 3 aromatic rings. The van der Waals surface area contributed by atoms with E-state index in [2.05, 4.69) is 25.9 Å². The van der Waals surface area contributed by atoms with Gasteiger partial charge in [0.05, 0.1) is 15.7 Å². The molecule has 1 heterocycles. The lowest BCUT2D eigenvalue weighted by Gasteiger charge is -2.11. The third-order valence-corrected chi connectivity index (χ3v) is 3.99. The highest BCUT2D eigenvalue weighted by Gasteiger charge is 2.07. The summed E-state index contributed by atoms with van der Waals surface area (Å²) in [6.45, 7) is 1.47. The number of para-hydroxylation sites is 1. The van der Waals surface area contributed by atoms with Crippen molar-refractivity contribution in [3.05, 3.63) is 64.9 Å². The minimum absolute atomic E-state index is 0.115. The Morgan fingerprint density at radius 3 is 2.08 bits per heavy atom. The van der Waals surface area contributed by atoms with Gasteiger partial charge in [0.2, 0.25) is 5.91 Å². The Hall–Kier alpha value is -2.83. The first-order valence-corrected chi connectivity index (χ1v) is 8.44. The molecule has 26 heavy (non-hydrogen) atoms. The summed E-state index contributed by atoms with van der Waals surface area (Å²) in [6.07, 6.45) is 1.43. The number of amides is 1. The second-order valence-electron chi connectivity index (χ2n) is 5.39. The van der Waals surface area contributed by atoms with Gasteiger partial charge in [-0.15, -0.1) is 0 Å². The van der Waals surface area contributed by atoms with Crippen LogP contribution in [0.3, 0.4) is 0 Å². The average Bonchev–Trinajstić information content (AvgIpc) is 2.60. The highest BCUT2D eigenvalue weighted by molar-refractivity contribution is 6.39. The SMILES string of the molecule is CC(=O)Nc1ccc(Nc2cc(Nc3c(Cl)cccc3Cl)ncn2)cc1. The van der Waals surface area contributed by atoms with Crippen LogP contribution in [0.15, 0.2) is 54.9 Å². The summed E-state index contributed by atoms with van der Waals surface area (Å²) in [6, 6.07) is 14.3. The van der Waals surface area contributed by atoms with Gasteiger partial charge in [-0.05, 0) is 36.4 Å². The van der Waals surface area contributed by atoms with Gasteiger partial charge < -0.3 is 16.0 Å². The van der Waals surface area contributed by atoms with Crippen LogP contribution in [-0.2, 0) is 4.79 Å². The number of carbonyl (C=O) groups is 1. The number of nitrogens with one attached hydrogen (secondary N) is 3. The van der Waals surface area contributed by atoms with Crippen molar-refractivity contribution in [2.45, 2.75) is 6.92 Å². The summed E-state index contributed by atoms with van der Waals surface area (Å²) < 4.78 is 0. The second-order valence-corrected chi connectivity index (χ2v) is 6.21. The van der Waals surface area contributed by atoms with Crippen LogP contribution >= 0.6 is 23.2 Å². The van der Waals surface area contributed by atoms with Gasteiger partial charge in [0.15, 0.2) is 0 Å². The van der Waals surface area contributed by atoms with Gasteiger partial charge in [0.1, 0.15) is 18.0 Å². The molecule has 0 saturated heterocycles. The van der Waals surface area contributed by atoms with E-state index in [0.29, 0.717) is 27.4 Å². The summed E-state index contributed by atoms with van der Waals surface area (Å²) in [5.41, 5.74) is 2.13. The molecule has 0 radical (unpaired) electrons. The van der Waals surface area contributed by atoms with Crippen LogP contribution in [0.4, 0.5) is 28.7 Å². The van der Waals surface area contributed by atoms with Crippen molar-refractivity contribution in [3.63, 3.8) is 0 Å². The Labute approximate surface area is 160 Å². The smallest absolute Gasteiger partial charge is 0.221 e. The van der Waals surface area contributed by atoms with Crippen molar-refractivity contribution in [2.24, 2.45) is 0 Å². The van der Waals surface area contributed by atoms with Crippen molar-refractivity contribution >= 4 is 57.8 Å². The minimum Gasteiger partial charge on any atom is -0.340 e. The molecule has 2 aromatic carbocycles. The van der Waals surface area contributed by atoms with E-state index < -0.39 is 0 Å². The maximum atomic E-state index is 11.1. The second kappa shape index (κ2) is 8.03. The lowest BCUT2D eigenvalue weighted by Crippen LogP contribution is -2.05. The predicted molar refractivity (Wildman–Crippen MR) is 106 cm³/mol. The Morgan fingerprint density at radius 2 is 1.46 bits per heavy atom. The van der Waals surface area contributed by atoms with Gasteiger partial charge >= 0.3 is 0 Å². The number of hydrogen-bond donors (Lipinski definition) is 3. The van der Waals surface area contributed by atoms with E-state index in [-0.39, 0.29) is 5.91 Å². The third-order valence-electron chi connectivity index (χ3n) is 3.36. The van der Waals surface area contributed by atoms with E-state index in [4.69, 9.17) is 23.2 Å². The van der Waals surface area contributed by atoms with Crippen LogP contribution in [0.1, 0.15) is 6.92 Å². The molecule has 8 heteroatoms. The molecular weight excluding hydrogens is 373 g/mol. The average molecular weight is 388 g/mol. The van der Waals surface area contributed by atoms with Crippen molar-refractivity contribution in [1.29, 1.82) is 0 Å². The zero-order chi connectivity index (χ0) is 18.5. The molecule has 0 spiro atoms. The summed E-state index contributed by atoms with van der Waals surface area (Å²) in [5.74, 6) is 1.03. The van der Waals surface area contributed by atoms with Crippen LogP contribution in [0.2, 0.25) is 10.0 Å². The highest BCUT2D eigenvalue weighted by Crippen LogP contribution is 2.32. The summed E-state index contributed by atoms with van der Waals surface area (Å²) in [7, 11) is 0. The molecule has 1 amide bonds. The zero-order valence-corrected chi connectivity index (χ0v) is 15.3. The molecule has 0 bridgehead atoms. The molecule has 0 saturated carbocycles. The van der Waals surface area contributed by atoms with E-state index in [9.17, 15) is 4.79 Å². The molecule has 0 atom stereocenters. The zero-order valence-electron chi connectivity index (χ0n) is 13.8. The van der Waals surface area contributed by atoms with Gasteiger partial charge in [0.25, 0.3) is 0 Å². The molecule has 132 valence electrons. The summed E-state index contributed by atoms with van der Waals surface area (Å²) in [4.78, 5) is 19.4. The quantitative estimate of drug-likeness (QED) is 0.558. The fourth-order valence-corrected chi connectivity index (χ4v) is 2.72. The maximum absolute atomic E-state index is 11.1. The molecular formula is C18H15Cl2N5O. The van der Waals surface area contributed by atoms with Gasteiger partial charge in [0, 0.05) is 24.4 Å². The van der Waals surface area contributed by atoms with E-state index >= 15 is 0 Å². The molecule has 3 rings (SSSR count). The number of anilines is 5.